The van der Waals surface area contributed by atoms with Crippen LogP contribution in [0.3, 0.4) is 0 Å². The van der Waals surface area contributed by atoms with Gasteiger partial charge in [-0.1, -0.05) is 12.1 Å². The van der Waals surface area contributed by atoms with E-state index in [2.05, 4.69) is 10.6 Å². The molecule has 3 atom stereocenters. The predicted octanol–water partition coefficient (Wildman–Crippen LogP) is -0.128. The Morgan fingerprint density at radius 1 is 1.29 bits per heavy atom. The lowest BCUT2D eigenvalue weighted by molar-refractivity contribution is -0.135. The van der Waals surface area contributed by atoms with Crippen LogP contribution in [-0.2, 0) is 27.5 Å². The third-order valence-electron chi connectivity index (χ3n) is 6.64. The molecule has 4 amide bonds. The number of halogens is 2. The van der Waals surface area contributed by atoms with Gasteiger partial charge >= 0.3 is 0 Å². The maximum atomic E-state index is 13.7. The van der Waals surface area contributed by atoms with E-state index < -0.39 is 48.7 Å². The summed E-state index contributed by atoms with van der Waals surface area (Å²) in [6, 6.07) is 4.65. The molecule has 0 aromatic heterocycles. The van der Waals surface area contributed by atoms with Crippen molar-refractivity contribution in [2.45, 2.75) is 50.4 Å². The van der Waals surface area contributed by atoms with Crippen LogP contribution in [0.1, 0.15) is 40.7 Å². The summed E-state index contributed by atoms with van der Waals surface area (Å²) in [6.45, 7) is 0.258. The second-order valence-corrected chi connectivity index (χ2v) is 9.11. The number of amides is 4. The van der Waals surface area contributed by atoms with E-state index in [1.54, 1.807) is 23.1 Å². The number of likely N-dealkylation sites (tertiary alicyclic amines) is 1. The quantitative estimate of drug-likeness (QED) is 0.508. The number of benzene rings is 1. The summed E-state index contributed by atoms with van der Waals surface area (Å²) in [6.07, 6.45) is -0.910. The van der Waals surface area contributed by atoms with Crippen molar-refractivity contribution in [3.05, 3.63) is 34.9 Å². The lowest BCUT2D eigenvalue weighted by Crippen LogP contribution is -2.46. The van der Waals surface area contributed by atoms with Crippen LogP contribution in [0.15, 0.2) is 18.2 Å². The molecule has 0 saturated carbocycles. The monoisotopic (exact) mass is 488 g/mol. The maximum absolute atomic E-state index is 13.7. The molecule has 2 saturated heterocycles. The van der Waals surface area contributed by atoms with E-state index in [0.29, 0.717) is 18.7 Å². The molecule has 186 valence electrons. The highest BCUT2D eigenvalue weighted by Crippen LogP contribution is 2.34. The zero-order valence-corrected chi connectivity index (χ0v) is 18.9. The summed E-state index contributed by atoms with van der Waals surface area (Å²) in [5.41, 5.74) is 7.47. The minimum absolute atomic E-state index is 0.0167. The van der Waals surface area contributed by atoms with Gasteiger partial charge in [0.15, 0.2) is 0 Å². The van der Waals surface area contributed by atoms with Crippen molar-refractivity contribution in [3.63, 3.8) is 0 Å². The Kier molecular flexibility index (Phi) is 6.71. The van der Waals surface area contributed by atoms with Gasteiger partial charge in [0.05, 0.1) is 12.6 Å². The standard InChI is InChI=1S/C23H26F2N6O4/c24-23(25)8-15(9-27)31(12-23)22(35)18-6-14(20(33)29-18)7-19(32)30-10-13-2-1-3-16(17(13)11-30)21(34)28-5-4-26/h1-3,14-15,18H,4-8,10-12,26H2,(H,28,34)(H,29,33)/t14-,15-,18-/m0/s1. The van der Waals surface area contributed by atoms with Crippen molar-refractivity contribution in [2.75, 3.05) is 19.6 Å². The van der Waals surface area contributed by atoms with Gasteiger partial charge in [0, 0.05) is 50.5 Å². The van der Waals surface area contributed by atoms with E-state index in [4.69, 9.17) is 11.0 Å². The van der Waals surface area contributed by atoms with Gasteiger partial charge in [-0.15, -0.1) is 0 Å². The maximum Gasteiger partial charge on any atom is 0.268 e. The SMILES string of the molecule is N#C[C@@H]1CC(F)(F)CN1C(=O)[C@@H]1C[C@@H](CC(=O)N2Cc3cccc(C(=O)NCCN)c3C2)C(=O)N1. The average Bonchev–Trinajstić information content (AvgIpc) is 3.51. The largest absolute Gasteiger partial charge is 0.351 e. The zero-order valence-electron chi connectivity index (χ0n) is 18.9. The average molecular weight is 488 g/mol. The van der Waals surface area contributed by atoms with E-state index in [0.717, 1.165) is 16.0 Å². The van der Waals surface area contributed by atoms with Gasteiger partial charge in [-0.3, -0.25) is 19.2 Å². The summed E-state index contributed by atoms with van der Waals surface area (Å²) >= 11 is 0. The topological polar surface area (TPSA) is 149 Å². The summed E-state index contributed by atoms with van der Waals surface area (Å²) in [7, 11) is 0. The van der Waals surface area contributed by atoms with Crippen LogP contribution >= 0.6 is 0 Å². The van der Waals surface area contributed by atoms with Crippen LogP contribution in [0, 0.1) is 17.2 Å². The molecular weight excluding hydrogens is 462 g/mol. The molecule has 0 spiro atoms. The fourth-order valence-electron chi connectivity index (χ4n) is 4.87. The lowest BCUT2D eigenvalue weighted by atomic mass is 9.99. The molecule has 12 heteroatoms. The Hall–Kier alpha value is -3.59. The van der Waals surface area contributed by atoms with Crippen molar-refractivity contribution < 1.29 is 28.0 Å². The second kappa shape index (κ2) is 9.58. The number of nitrogens with one attached hydrogen (secondary N) is 2. The number of nitriles is 1. The predicted molar refractivity (Wildman–Crippen MR) is 117 cm³/mol. The Morgan fingerprint density at radius 2 is 2.06 bits per heavy atom. The molecule has 3 aliphatic heterocycles. The van der Waals surface area contributed by atoms with Gasteiger partial charge in [-0.25, -0.2) is 8.78 Å². The van der Waals surface area contributed by atoms with Crippen LogP contribution in [-0.4, -0.2) is 71.1 Å². The van der Waals surface area contributed by atoms with E-state index in [9.17, 15) is 28.0 Å². The number of alkyl halides is 2. The number of fused-ring (bicyclic) bond motifs is 1. The third-order valence-corrected chi connectivity index (χ3v) is 6.64. The summed E-state index contributed by atoms with van der Waals surface area (Å²) in [5, 5.41) is 14.3. The molecule has 4 N–H and O–H groups in total. The van der Waals surface area contributed by atoms with Gasteiger partial charge in [-0.05, 0) is 23.6 Å². The van der Waals surface area contributed by atoms with E-state index in [1.807, 2.05) is 6.07 Å². The highest BCUT2D eigenvalue weighted by atomic mass is 19.3. The molecule has 0 aliphatic carbocycles. The number of rotatable bonds is 6. The number of hydrogen-bond acceptors (Lipinski definition) is 6. The number of carbonyl (C=O) groups is 4. The van der Waals surface area contributed by atoms with Crippen LogP contribution in [0.2, 0.25) is 0 Å². The van der Waals surface area contributed by atoms with E-state index >= 15 is 0 Å². The zero-order chi connectivity index (χ0) is 25.3. The molecule has 4 rings (SSSR count). The molecule has 0 radical (unpaired) electrons. The summed E-state index contributed by atoms with van der Waals surface area (Å²) in [4.78, 5) is 53.0. The van der Waals surface area contributed by atoms with Crippen LogP contribution in [0.25, 0.3) is 0 Å². The Labute approximate surface area is 200 Å². The number of nitrogens with zero attached hydrogens (tertiary/aromatic N) is 3. The Bertz CT molecular complexity index is 1100. The smallest absolute Gasteiger partial charge is 0.268 e. The first-order valence-electron chi connectivity index (χ1n) is 11.4. The van der Waals surface area contributed by atoms with Crippen molar-refractivity contribution in [3.8, 4) is 6.07 Å². The number of carbonyl (C=O) groups excluding carboxylic acids is 4. The first kappa shape index (κ1) is 24.5. The van der Waals surface area contributed by atoms with E-state index in [-0.39, 0.29) is 37.7 Å². The van der Waals surface area contributed by atoms with E-state index in [1.165, 1.54) is 0 Å². The summed E-state index contributed by atoms with van der Waals surface area (Å²) in [5.74, 6) is -5.78. The highest BCUT2D eigenvalue weighted by Gasteiger charge is 2.50. The second-order valence-electron chi connectivity index (χ2n) is 9.11. The molecule has 10 nitrogen and oxygen atoms in total. The highest BCUT2D eigenvalue weighted by molar-refractivity contribution is 5.97. The first-order valence-corrected chi connectivity index (χ1v) is 11.4. The van der Waals surface area contributed by atoms with Crippen molar-refractivity contribution in [1.29, 1.82) is 5.26 Å². The van der Waals surface area contributed by atoms with Gasteiger partial charge in [-0.2, -0.15) is 5.26 Å². The molecular formula is C23H26F2N6O4. The Morgan fingerprint density at radius 3 is 2.77 bits per heavy atom. The molecule has 1 aromatic carbocycles. The fraction of sp³-hybridized carbons (Fsp3) is 0.522. The number of hydrogen-bond donors (Lipinski definition) is 3. The Balaban J connectivity index is 1.37. The molecule has 35 heavy (non-hydrogen) atoms. The summed E-state index contributed by atoms with van der Waals surface area (Å²) < 4.78 is 27.4. The third kappa shape index (κ3) is 4.95. The van der Waals surface area contributed by atoms with Gasteiger partial charge in [0.25, 0.3) is 11.8 Å². The van der Waals surface area contributed by atoms with Crippen LogP contribution in [0.5, 0.6) is 0 Å². The van der Waals surface area contributed by atoms with Gasteiger partial charge in [0.2, 0.25) is 17.7 Å². The van der Waals surface area contributed by atoms with Gasteiger partial charge < -0.3 is 26.2 Å². The molecule has 3 heterocycles. The van der Waals surface area contributed by atoms with Crippen molar-refractivity contribution in [2.24, 2.45) is 11.7 Å². The fourth-order valence-corrected chi connectivity index (χ4v) is 4.87. The molecule has 0 unspecified atom stereocenters. The minimum atomic E-state index is -3.15. The first-order chi connectivity index (χ1) is 16.6. The lowest BCUT2D eigenvalue weighted by Gasteiger charge is -2.22. The van der Waals surface area contributed by atoms with Crippen LogP contribution in [0.4, 0.5) is 8.78 Å². The van der Waals surface area contributed by atoms with Crippen LogP contribution < -0.4 is 16.4 Å². The van der Waals surface area contributed by atoms with Crippen molar-refractivity contribution in [1.82, 2.24) is 20.4 Å². The van der Waals surface area contributed by atoms with Crippen molar-refractivity contribution >= 4 is 23.6 Å². The minimum Gasteiger partial charge on any atom is -0.351 e. The molecule has 3 aliphatic rings. The molecule has 1 aromatic rings. The molecule has 2 fully saturated rings. The number of nitrogens with two attached hydrogens (primary N) is 1. The normalized spacial score (nSPS) is 24.6. The molecule has 0 bridgehead atoms. The van der Waals surface area contributed by atoms with Gasteiger partial charge in [0.1, 0.15) is 12.1 Å².